The summed E-state index contributed by atoms with van der Waals surface area (Å²) in [7, 11) is 0. The molecule has 1 aromatic rings. The van der Waals surface area contributed by atoms with Crippen LogP contribution in [-0.4, -0.2) is 40.6 Å². The van der Waals surface area contributed by atoms with Crippen molar-refractivity contribution >= 4 is 11.5 Å². The maximum Gasteiger partial charge on any atom is 0.253 e. The number of nitrogens with zero attached hydrogens (tertiary/aromatic N) is 2. The van der Waals surface area contributed by atoms with E-state index < -0.39 is 0 Å². The van der Waals surface area contributed by atoms with Crippen LogP contribution in [0, 0.1) is 6.92 Å². The van der Waals surface area contributed by atoms with E-state index in [0.29, 0.717) is 17.1 Å². The Morgan fingerprint density at radius 2 is 2.08 bits per heavy atom. The zero-order valence-electron chi connectivity index (χ0n) is 16.0. The van der Waals surface area contributed by atoms with Crippen molar-refractivity contribution in [3.63, 3.8) is 0 Å². The summed E-state index contributed by atoms with van der Waals surface area (Å²) in [6.07, 6.45) is 6.33. The van der Waals surface area contributed by atoms with Crippen LogP contribution in [0.15, 0.2) is 12.3 Å². The standard InChI is InChI=1S/C19H30N4O2/c1-6-7-15(18(24)23-19(3,4)5)17-13(2)21-12-16(22-17)25-14-8-10-20-11-9-14/h7,12,14,20H,6,8-11H2,1-5H3,(H,23,24)/b15-7+. The molecule has 25 heavy (non-hydrogen) atoms. The van der Waals surface area contributed by atoms with E-state index in [9.17, 15) is 4.79 Å². The Bertz CT molecular complexity index is 629. The first kappa shape index (κ1) is 19.4. The summed E-state index contributed by atoms with van der Waals surface area (Å²) in [5.74, 6) is 0.351. The Kier molecular flexibility index (Phi) is 6.53. The number of piperidine rings is 1. The summed E-state index contributed by atoms with van der Waals surface area (Å²) >= 11 is 0. The third kappa shape index (κ3) is 5.81. The van der Waals surface area contributed by atoms with E-state index in [-0.39, 0.29) is 17.6 Å². The fourth-order valence-electron chi connectivity index (χ4n) is 2.74. The largest absolute Gasteiger partial charge is 0.473 e. The average Bonchev–Trinajstić information content (AvgIpc) is 2.54. The molecule has 1 aliphatic heterocycles. The van der Waals surface area contributed by atoms with Crippen molar-refractivity contribution in [2.24, 2.45) is 0 Å². The number of hydrogen-bond acceptors (Lipinski definition) is 5. The van der Waals surface area contributed by atoms with Gasteiger partial charge in [-0.1, -0.05) is 13.0 Å². The molecule has 1 amide bonds. The highest BCUT2D eigenvalue weighted by Crippen LogP contribution is 2.22. The van der Waals surface area contributed by atoms with Gasteiger partial charge in [0.25, 0.3) is 5.91 Å². The maximum atomic E-state index is 12.7. The number of allylic oxidation sites excluding steroid dienone is 1. The number of hydrogen-bond donors (Lipinski definition) is 2. The molecule has 1 fully saturated rings. The minimum absolute atomic E-state index is 0.134. The second-order valence-corrected chi connectivity index (χ2v) is 7.44. The molecule has 2 rings (SSSR count). The van der Waals surface area contributed by atoms with Gasteiger partial charge in [0, 0.05) is 5.54 Å². The van der Waals surface area contributed by atoms with Gasteiger partial charge in [-0.25, -0.2) is 4.98 Å². The molecule has 1 aromatic heterocycles. The molecule has 0 spiro atoms. The summed E-state index contributed by atoms with van der Waals surface area (Å²) in [5.41, 5.74) is 1.56. The Balaban J connectivity index is 2.26. The summed E-state index contributed by atoms with van der Waals surface area (Å²) in [6, 6.07) is 0. The molecule has 0 atom stereocenters. The van der Waals surface area contributed by atoms with Crippen LogP contribution in [0.1, 0.15) is 58.3 Å². The number of aromatic nitrogens is 2. The minimum Gasteiger partial charge on any atom is -0.473 e. The van der Waals surface area contributed by atoms with Crippen LogP contribution in [-0.2, 0) is 4.79 Å². The van der Waals surface area contributed by atoms with Crippen molar-refractivity contribution < 1.29 is 9.53 Å². The molecule has 0 saturated carbocycles. The predicted octanol–water partition coefficient (Wildman–Crippen LogP) is 2.62. The maximum absolute atomic E-state index is 12.7. The molecule has 0 bridgehead atoms. The van der Waals surface area contributed by atoms with Crippen molar-refractivity contribution in [1.82, 2.24) is 20.6 Å². The number of rotatable bonds is 5. The van der Waals surface area contributed by atoms with Gasteiger partial charge in [-0.15, -0.1) is 0 Å². The molecule has 6 heteroatoms. The average molecular weight is 346 g/mol. The molecule has 0 radical (unpaired) electrons. The van der Waals surface area contributed by atoms with E-state index >= 15 is 0 Å². The highest BCUT2D eigenvalue weighted by atomic mass is 16.5. The van der Waals surface area contributed by atoms with E-state index in [0.717, 1.165) is 38.0 Å². The number of ether oxygens (including phenoxy) is 1. The van der Waals surface area contributed by atoms with Crippen LogP contribution in [0.4, 0.5) is 0 Å². The van der Waals surface area contributed by atoms with E-state index in [1.165, 1.54) is 0 Å². The highest BCUT2D eigenvalue weighted by molar-refractivity contribution is 6.19. The molecule has 138 valence electrons. The Labute approximate surface area is 150 Å². The zero-order chi connectivity index (χ0) is 18.4. The SMILES string of the molecule is CC/C=C(/C(=O)NC(C)(C)C)c1nc(OC2CCNCC2)cnc1C. The van der Waals surface area contributed by atoms with E-state index in [1.807, 2.05) is 40.7 Å². The van der Waals surface area contributed by atoms with Crippen LogP contribution in [0.5, 0.6) is 5.88 Å². The molecule has 1 saturated heterocycles. The predicted molar refractivity (Wildman–Crippen MR) is 99.5 cm³/mol. The molecule has 0 aromatic carbocycles. The number of nitrogens with one attached hydrogen (secondary N) is 2. The first-order chi connectivity index (χ1) is 11.8. The lowest BCUT2D eigenvalue weighted by molar-refractivity contribution is -0.116. The van der Waals surface area contributed by atoms with Crippen molar-refractivity contribution in [2.45, 2.75) is 65.5 Å². The van der Waals surface area contributed by atoms with Crippen molar-refractivity contribution in [1.29, 1.82) is 0 Å². The fraction of sp³-hybridized carbons (Fsp3) is 0.632. The third-order valence-electron chi connectivity index (χ3n) is 3.90. The molecule has 0 aliphatic carbocycles. The lowest BCUT2D eigenvalue weighted by Crippen LogP contribution is -2.41. The molecule has 1 aliphatic rings. The lowest BCUT2D eigenvalue weighted by Gasteiger charge is -2.24. The second-order valence-electron chi connectivity index (χ2n) is 7.44. The second kappa shape index (κ2) is 8.43. The van der Waals surface area contributed by atoms with Gasteiger partial charge < -0.3 is 15.4 Å². The summed E-state index contributed by atoms with van der Waals surface area (Å²) < 4.78 is 5.99. The molecular weight excluding hydrogens is 316 g/mol. The molecule has 6 nitrogen and oxygen atoms in total. The van der Waals surface area contributed by atoms with Gasteiger partial charge in [0.05, 0.1) is 17.5 Å². The normalized spacial score (nSPS) is 16.6. The van der Waals surface area contributed by atoms with Gasteiger partial charge in [0.15, 0.2) is 0 Å². The quantitative estimate of drug-likeness (QED) is 0.802. The summed E-state index contributed by atoms with van der Waals surface area (Å²) in [4.78, 5) is 21.7. The molecule has 2 heterocycles. The van der Waals surface area contributed by atoms with E-state index in [4.69, 9.17) is 4.74 Å². The van der Waals surface area contributed by atoms with Crippen molar-refractivity contribution in [3.05, 3.63) is 23.7 Å². The van der Waals surface area contributed by atoms with Gasteiger partial charge in [-0.05, 0) is 60.0 Å². The topological polar surface area (TPSA) is 76.1 Å². The van der Waals surface area contributed by atoms with E-state index in [1.54, 1.807) is 6.20 Å². The number of amides is 1. The molecule has 0 unspecified atom stereocenters. The summed E-state index contributed by atoms with van der Waals surface area (Å²) in [6.45, 7) is 11.7. The van der Waals surface area contributed by atoms with Gasteiger partial charge in [0.2, 0.25) is 5.88 Å². The zero-order valence-corrected chi connectivity index (χ0v) is 16.0. The molecule has 2 N–H and O–H groups in total. The van der Waals surface area contributed by atoms with E-state index in [2.05, 4.69) is 20.6 Å². The Morgan fingerprint density at radius 3 is 2.68 bits per heavy atom. The molecular formula is C19H30N4O2. The lowest BCUT2D eigenvalue weighted by atomic mass is 10.0. The smallest absolute Gasteiger partial charge is 0.253 e. The Hall–Kier alpha value is -1.95. The van der Waals surface area contributed by atoms with Gasteiger partial charge in [-0.3, -0.25) is 9.78 Å². The first-order valence-electron chi connectivity index (χ1n) is 9.04. The third-order valence-corrected chi connectivity index (χ3v) is 3.90. The fourth-order valence-corrected chi connectivity index (χ4v) is 2.74. The summed E-state index contributed by atoms with van der Waals surface area (Å²) in [5, 5.41) is 6.32. The van der Waals surface area contributed by atoms with Crippen LogP contribution >= 0.6 is 0 Å². The van der Waals surface area contributed by atoms with Gasteiger partial charge in [0.1, 0.15) is 11.8 Å². The van der Waals surface area contributed by atoms with Crippen LogP contribution < -0.4 is 15.4 Å². The first-order valence-corrected chi connectivity index (χ1v) is 9.04. The van der Waals surface area contributed by atoms with Gasteiger partial charge >= 0.3 is 0 Å². The monoisotopic (exact) mass is 346 g/mol. The van der Waals surface area contributed by atoms with Crippen LogP contribution in [0.25, 0.3) is 5.57 Å². The number of aryl methyl sites for hydroxylation is 1. The van der Waals surface area contributed by atoms with Crippen molar-refractivity contribution in [3.8, 4) is 5.88 Å². The number of carbonyl (C=O) groups excluding carboxylic acids is 1. The minimum atomic E-state index is -0.311. The van der Waals surface area contributed by atoms with Crippen LogP contribution in [0.2, 0.25) is 0 Å². The van der Waals surface area contributed by atoms with Gasteiger partial charge in [-0.2, -0.15) is 0 Å². The van der Waals surface area contributed by atoms with Crippen LogP contribution in [0.3, 0.4) is 0 Å². The number of carbonyl (C=O) groups is 1. The van der Waals surface area contributed by atoms with Crippen molar-refractivity contribution in [2.75, 3.05) is 13.1 Å². The highest BCUT2D eigenvalue weighted by Gasteiger charge is 2.22. The Morgan fingerprint density at radius 1 is 1.40 bits per heavy atom.